The second kappa shape index (κ2) is 4.47. The van der Waals surface area contributed by atoms with E-state index in [1.165, 1.54) is 16.7 Å². The summed E-state index contributed by atoms with van der Waals surface area (Å²) in [7, 11) is 0. The molecule has 16 heavy (non-hydrogen) atoms. The molecule has 1 aliphatic rings. The van der Waals surface area contributed by atoms with Gasteiger partial charge < -0.3 is 4.90 Å². The molecule has 3 heteroatoms. The van der Waals surface area contributed by atoms with Crippen molar-refractivity contribution in [3.63, 3.8) is 0 Å². The Bertz CT molecular complexity index is 437. The van der Waals surface area contributed by atoms with Crippen LogP contribution in [0.1, 0.15) is 24.5 Å². The first-order valence-corrected chi connectivity index (χ1v) is 5.53. The quantitative estimate of drug-likeness (QED) is 0.719. The molecule has 0 saturated carbocycles. The van der Waals surface area contributed by atoms with E-state index < -0.39 is 0 Å². The largest absolute Gasteiger partial charge is 0.339 e. The molecule has 1 aromatic heterocycles. The van der Waals surface area contributed by atoms with Crippen molar-refractivity contribution in [3.8, 4) is 0 Å². The molecular formula is C13H16N2O. The zero-order valence-corrected chi connectivity index (χ0v) is 9.73. The van der Waals surface area contributed by atoms with Gasteiger partial charge in [0.1, 0.15) is 0 Å². The summed E-state index contributed by atoms with van der Waals surface area (Å²) < 4.78 is 0. The van der Waals surface area contributed by atoms with Crippen LogP contribution >= 0.6 is 0 Å². The molecule has 0 radical (unpaired) electrons. The van der Waals surface area contributed by atoms with Crippen molar-refractivity contribution in [2.75, 3.05) is 13.1 Å². The summed E-state index contributed by atoms with van der Waals surface area (Å²) in [6.45, 7) is 5.20. The molecule has 84 valence electrons. The fraction of sp³-hybridized carbons (Fsp3) is 0.385. The Morgan fingerprint density at radius 3 is 2.81 bits per heavy atom. The summed E-state index contributed by atoms with van der Waals surface area (Å²) >= 11 is 0. The van der Waals surface area contributed by atoms with E-state index >= 15 is 0 Å². The Kier molecular flexibility index (Phi) is 3.04. The summed E-state index contributed by atoms with van der Waals surface area (Å²) in [6, 6.07) is 2.14. The molecule has 0 aromatic carbocycles. The molecule has 1 amide bonds. The standard InChI is InChI=1S/C13H16N2O/c1-10-7-13(9-14-8-10)12-3-5-15(6-4-12)11(2)16/h3,7-9H,4-6H2,1-2H3. The van der Waals surface area contributed by atoms with Crippen molar-refractivity contribution in [1.82, 2.24) is 9.88 Å². The number of rotatable bonds is 1. The molecule has 3 nitrogen and oxygen atoms in total. The summed E-state index contributed by atoms with van der Waals surface area (Å²) in [5.74, 6) is 0.151. The minimum absolute atomic E-state index is 0.151. The van der Waals surface area contributed by atoms with Gasteiger partial charge in [0, 0.05) is 32.4 Å². The van der Waals surface area contributed by atoms with Gasteiger partial charge in [-0.05, 0) is 36.1 Å². The van der Waals surface area contributed by atoms with Gasteiger partial charge in [-0.25, -0.2) is 0 Å². The van der Waals surface area contributed by atoms with Crippen LogP contribution in [-0.4, -0.2) is 28.9 Å². The summed E-state index contributed by atoms with van der Waals surface area (Å²) in [4.78, 5) is 17.2. The average Bonchev–Trinajstić information content (AvgIpc) is 2.29. The maximum Gasteiger partial charge on any atom is 0.219 e. The smallest absolute Gasteiger partial charge is 0.219 e. The molecule has 2 rings (SSSR count). The maximum absolute atomic E-state index is 11.2. The van der Waals surface area contributed by atoms with Gasteiger partial charge >= 0.3 is 0 Å². The molecule has 0 spiro atoms. The highest BCUT2D eigenvalue weighted by molar-refractivity contribution is 5.75. The number of aryl methyl sites for hydroxylation is 1. The lowest BCUT2D eigenvalue weighted by atomic mass is 10.00. The molecule has 0 bridgehead atoms. The Morgan fingerprint density at radius 2 is 2.25 bits per heavy atom. The first kappa shape index (κ1) is 10.9. The monoisotopic (exact) mass is 216 g/mol. The van der Waals surface area contributed by atoms with Crippen molar-refractivity contribution in [1.29, 1.82) is 0 Å². The minimum atomic E-state index is 0.151. The molecule has 0 saturated heterocycles. The van der Waals surface area contributed by atoms with Gasteiger partial charge in [-0.1, -0.05) is 6.08 Å². The van der Waals surface area contributed by atoms with Crippen molar-refractivity contribution in [3.05, 3.63) is 35.7 Å². The molecular weight excluding hydrogens is 200 g/mol. The maximum atomic E-state index is 11.2. The van der Waals surface area contributed by atoms with E-state index in [4.69, 9.17) is 0 Å². The second-order valence-corrected chi connectivity index (χ2v) is 4.20. The molecule has 0 unspecified atom stereocenters. The van der Waals surface area contributed by atoms with Crippen molar-refractivity contribution >= 4 is 11.5 Å². The van der Waals surface area contributed by atoms with Crippen LogP contribution in [0.3, 0.4) is 0 Å². The summed E-state index contributed by atoms with van der Waals surface area (Å²) in [5, 5.41) is 0. The third-order valence-electron chi connectivity index (χ3n) is 2.90. The SMILES string of the molecule is CC(=O)N1CC=C(c2cncc(C)c2)CC1. The lowest BCUT2D eigenvalue weighted by Gasteiger charge is -2.25. The first-order valence-electron chi connectivity index (χ1n) is 5.53. The van der Waals surface area contributed by atoms with Crippen molar-refractivity contribution in [2.24, 2.45) is 0 Å². The lowest BCUT2D eigenvalue weighted by Crippen LogP contribution is -2.32. The highest BCUT2D eigenvalue weighted by Crippen LogP contribution is 2.22. The van der Waals surface area contributed by atoms with Gasteiger partial charge in [-0.2, -0.15) is 0 Å². The highest BCUT2D eigenvalue weighted by atomic mass is 16.2. The second-order valence-electron chi connectivity index (χ2n) is 4.20. The Balaban J connectivity index is 2.16. The van der Waals surface area contributed by atoms with E-state index in [0.717, 1.165) is 19.5 Å². The topological polar surface area (TPSA) is 33.2 Å². The number of carbonyl (C=O) groups excluding carboxylic acids is 1. The number of aromatic nitrogens is 1. The molecule has 0 atom stereocenters. The fourth-order valence-electron chi connectivity index (χ4n) is 1.95. The predicted octanol–water partition coefficient (Wildman–Crippen LogP) is 2.03. The fourth-order valence-corrected chi connectivity index (χ4v) is 1.95. The van der Waals surface area contributed by atoms with Crippen molar-refractivity contribution < 1.29 is 4.79 Å². The number of pyridine rings is 1. The van der Waals surface area contributed by atoms with Crippen LogP contribution in [0.2, 0.25) is 0 Å². The van der Waals surface area contributed by atoms with Crippen molar-refractivity contribution in [2.45, 2.75) is 20.3 Å². The van der Waals surface area contributed by atoms with Gasteiger partial charge in [0.15, 0.2) is 0 Å². The zero-order valence-electron chi connectivity index (χ0n) is 9.73. The van der Waals surface area contributed by atoms with Gasteiger partial charge in [0.25, 0.3) is 0 Å². The Labute approximate surface area is 95.8 Å². The number of hydrogen-bond donors (Lipinski definition) is 0. The van der Waals surface area contributed by atoms with E-state index in [1.54, 1.807) is 6.92 Å². The van der Waals surface area contributed by atoms with Gasteiger partial charge in [-0.3, -0.25) is 9.78 Å². The summed E-state index contributed by atoms with van der Waals surface area (Å²) in [6.07, 6.45) is 6.79. The highest BCUT2D eigenvalue weighted by Gasteiger charge is 2.14. The van der Waals surface area contributed by atoms with E-state index in [0.29, 0.717) is 0 Å². The molecule has 1 aliphatic heterocycles. The van der Waals surface area contributed by atoms with Gasteiger partial charge in [0.2, 0.25) is 5.91 Å². The Morgan fingerprint density at radius 1 is 1.44 bits per heavy atom. The normalized spacial score (nSPS) is 15.9. The average molecular weight is 216 g/mol. The summed E-state index contributed by atoms with van der Waals surface area (Å²) in [5.41, 5.74) is 3.66. The number of amides is 1. The molecule has 0 aliphatic carbocycles. The van der Waals surface area contributed by atoms with E-state index in [9.17, 15) is 4.79 Å². The predicted molar refractivity (Wildman–Crippen MR) is 63.8 cm³/mol. The minimum Gasteiger partial charge on any atom is -0.339 e. The first-order chi connectivity index (χ1) is 7.66. The third-order valence-corrected chi connectivity index (χ3v) is 2.90. The van der Waals surface area contributed by atoms with Gasteiger partial charge in [0.05, 0.1) is 0 Å². The van der Waals surface area contributed by atoms with Crippen LogP contribution < -0.4 is 0 Å². The van der Waals surface area contributed by atoms with Crippen LogP contribution in [0.4, 0.5) is 0 Å². The van der Waals surface area contributed by atoms with Crippen LogP contribution in [0.15, 0.2) is 24.5 Å². The van der Waals surface area contributed by atoms with Crippen LogP contribution in [0, 0.1) is 6.92 Å². The zero-order chi connectivity index (χ0) is 11.5. The number of hydrogen-bond acceptors (Lipinski definition) is 2. The Hall–Kier alpha value is -1.64. The van der Waals surface area contributed by atoms with Crippen LogP contribution in [-0.2, 0) is 4.79 Å². The molecule has 1 aromatic rings. The number of carbonyl (C=O) groups is 1. The van der Waals surface area contributed by atoms with Crippen LogP contribution in [0.25, 0.3) is 5.57 Å². The van der Waals surface area contributed by atoms with Crippen LogP contribution in [0.5, 0.6) is 0 Å². The number of nitrogens with zero attached hydrogens (tertiary/aromatic N) is 2. The lowest BCUT2D eigenvalue weighted by molar-refractivity contribution is -0.128. The van der Waals surface area contributed by atoms with E-state index in [1.807, 2.05) is 24.2 Å². The molecule has 2 heterocycles. The molecule has 0 N–H and O–H groups in total. The van der Waals surface area contributed by atoms with E-state index in [2.05, 4.69) is 17.1 Å². The third kappa shape index (κ3) is 2.30. The van der Waals surface area contributed by atoms with E-state index in [-0.39, 0.29) is 5.91 Å². The van der Waals surface area contributed by atoms with Gasteiger partial charge in [-0.15, -0.1) is 0 Å². The molecule has 0 fully saturated rings.